The highest BCUT2D eigenvalue weighted by Crippen LogP contribution is 2.36. The van der Waals surface area contributed by atoms with E-state index >= 15 is 0 Å². The summed E-state index contributed by atoms with van der Waals surface area (Å²) in [6.45, 7) is 0. The standard InChI is InChI=1S/C21H14O10/c22-13-3-1-5-15(17(13)24)30-20(28)11-7-10(19(26)27)8-12(9-11)21(29)31-16-6-2-4-14(23)18(16)25/h1-9,22-25H,(H,26,27). The first-order valence-corrected chi connectivity index (χ1v) is 8.52. The Bertz CT molecular complexity index is 1120. The average molecular weight is 426 g/mol. The predicted octanol–water partition coefficient (Wildman–Crippen LogP) is 2.65. The molecule has 5 N–H and O–H groups in total. The number of carboxylic acid groups (broad SMARTS) is 1. The molecule has 0 aliphatic rings. The molecule has 31 heavy (non-hydrogen) atoms. The van der Waals surface area contributed by atoms with Crippen molar-refractivity contribution in [3.05, 3.63) is 71.3 Å². The highest BCUT2D eigenvalue weighted by atomic mass is 16.5. The number of hydrogen-bond acceptors (Lipinski definition) is 9. The van der Waals surface area contributed by atoms with E-state index in [0.29, 0.717) is 0 Å². The van der Waals surface area contributed by atoms with Gasteiger partial charge in [0.25, 0.3) is 0 Å². The Kier molecular flexibility index (Phi) is 5.64. The summed E-state index contributed by atoms with van der Waals surface area (Å²) in [5.41, 5.74) is -1.17. The number of benzene rings is 3. The molecular formula is C21H14O10. The number of aromatic carboxylic acids is 1. The van der Waals surface area contributed by atoms with Crippen molar-refractivity contribution in [3.63, 3.8) is 0 Å². The van der Waals surface area contributed by atoms with Crippen LogP contribution in [-0.2, 0) is 0 Å². The van der Waals surface area contributed by atoms with Crippen molar-refractivity contribution in [1.82, 2.24) is 0 Å². The minimum absolute atomic E-state index is 0.366. The van der Waals surface area contributed by atoms with Gasteiger partial charge >= 0.3 is 17.9 Å². The van der Waals surface area contributed by atoms with E-state index in [-0.39, 0.29) is 22.6 Å². The number of carbonyl (C=O) groups excluding carboxylic acids is 2. The number of phenolic OH excluding ortho intramolecular Hbond substituents is 4. The van der Waals surface area contributed by atoms with Crippen molar-refractivity contribution in [3.8, 4) is 34.5 Å². The third-order valence-electron chi connectivity index (χ3n) is 4.01. The normalized spacial score (nSPS) is 10.3. The van der Waals surface area contributed by atoms with E-state index < -0.39 is 46.5 Å². The van der Waals surface area contributed by atoms with E-state index in [1.807, 2.05) is 0 Å². The molecule has 0 aromatic heterocycles. The van der Waals surface area contributed by atoms with Crippen LogP contribution >= 0.6 is 0 Å². The number of ether oxygens (including phenoxy) is 2. The average Bonchev–Trinajstić information content (AvgIpc) is 2.74. The number of rotatable bonds is 5. The maximum absolute atomic E-state index is 12.5. The summed E-state index contributed by atoms with van der Waals surface area (Å²) in [7, 11) is 0. The van der Waals surface area contributed by atoms with Gasteiger partial charge in [0, 0.05) is 0 Å². The zero-order valence-electron chi connectivity index (χ0n) is 15.5. The first-order chi connectivity index (χ1) is 14.7. The Morgan fingerprint density at radius 3 is 1.39 bits per heavy atom. The third kappa shape index (κ3) is 4.48. The lowest BCUT2D eigenvalue weighted by Gasteiger charge is -2.10. The Labute approximate surface area is 173 Å². The van der Waals surface area contributed by atoms with Crippen molar-refractivity contribution in [2.75, 3.05) is 0 Å². The van der Waals surface area contributed by atoms with E-state index in [1.165, 1.54) is 24.3 Å². The summed E-state index contributed by atoms with van der Waals surface area (Å²) in [6.07, 6.45) is 0. The summed E-state index contributed by atoms with van der Waals surface area (Å²) < 4.78 is 9.94. The van der Waals surface area contributed by atoms with Gasteiger partial charge in [0.05, 0.1) is 16.7 Å². The predicted molar refractivity (Wildman–Crippen MR) is 103 cm³/mol. The number of phenols is 4. The van der Waals surface area contributed by atoms with Gasteiger partial charge in [-0.1, -0.05) is 12.1 Å². The molecule has 3 aromatic carbocycles. The topological polar surface area (TPSA) is 171 Å². The van der Waals surface area contributed by atoms with Gasteiger partial charge in [-0.15, -0.1) is 0 Å². The molecule has 0 heterocycles. The molecule has 0 amide bonds. The van der Waals surface area contributed by atoms with Gasteiger partial charge in [0.2, 0.25) is 11.5 Å². The maximum Gasteiger partial charge on any atom is 0.343 e. The van der Waals surface area contributed by atoms with Crippen molar-refractivity contribution in [2.45, 2.75) is 0 Å². The molecule has 3 rings (SSSR count). The number of aromatic hydroxyl groups is 4. The lowest BCUT2D eigenvalue weighted by atomic mass is 10.1. The van der Waals surface area contributed by atoms with Crippen molar-refractivity contribution >= 4 is 17.9 Å². The zero-order valence-corrected chi connectivity index (χ0v) is 15.5. The Morgan fingerprint density at radius 1 is 0.613 bits per heavy atom. The molecule has 0 saturated heterocycles. The van der Waals surface area contributed by atoms with Crippen LogP contribution in [0.25, 0.3) is 0 Å². The van der Waals surface area contributed by atoms with Crippen LogP contribution < -0.4 is 9.47 Å². The molecule has 0 bridgehead atoms. The van der Waals surface area contributed by atoms with Crippen molar-refractivity contribution in [1.29, 1.82) is 0 Å². The number of hydrogen-bond donors (Lipinski definition) is 5. The molecule has 10 heteroatoms. The zero-order chi connectivity index (χ0) is 22.7. The molecule has 0 aliphatic heterocycles. The SMILES string of the molecule is O=C(O)c1cc(C(=O)Oc2cccc(O)c2O)cc(C(=O)Oc2cccc(O)c2O)c1. The molecule has 0 unspecified atom stereocenters. The first-order valence-electron chi connectivity index (χ1n) is 8.52. The van der Waals surface area contributed by atoms with Crippen LogP contribution in [-0.4, -0.2) is 43.4 Å². The molecule has 10 nitrogen and oxygen atoms in total. The summed E-state index contributed by atoms with van der Waals surface area (Å²) in [5, 5.41) is 47.8. The smallest absolute Gasteiger partial charge is 0.343 e. The van der Waals surface area contributed by atoms with Crippen LogP contribution in [0.3, 0.4) is 0 Å². The fourth-order valence-electron chi connectivity index (χ4n) is 2.49. The van der Waals surface area contributed by atoms with Crippen LogP contribution in [0.1, 0.15) is 31.1 Å². The fraction of sp³-hybridized carbons (Fsp3) is 0. The van der Waals surface area contributed by atoms with Gasteiger partial charge in [-0.2, -0.15) is 0 Å². The molecule has 3 aromatic rings. The van der Waals surface area contributed by atoms with Crippen LogP contribution in [0.4, 0.5) is 0 Å². The van der Waals surface area contributed by atoms with Gasteiger partial charge < -0.3 is 35.0 Å². The van der Waals surface area contributed by atoms with Gasteiger partial charge in [-0.05, 0) is 42.5 Å². The summed E-state index contributed by atoms with van der Waals surface area (Å²) in [4.78, 5) is 36.3. The van der Waals surface area contributed by atoms with Gasteiger partial charge in [-0.3, -0.25) is 0 Å². The molecule has 158 valence electrons. The molecule has 0 atom stereocenters. The number of carboxylic acids is 1. The minimum atomic E-state index is -1.45. The summed E-state index contributed by atoms with van der Waals surface area (Å²) in [6, 6.07) is 10.1. The first kappa shape index (κ1) is 21.0. The number of para-hydroxylation sites is 2. The quantitative estimate of drug-likeness (QED) is 0.232. The van der Waals surface area contributed by atoms with Crippen LogP contribution in [0, 0.1) is 0 Å². The minimum Gasteiger partial charge on any atom is -0.504 e. The van der Waals surface area contributed by atoms with Gasteiger partial charge in [-0.25, -0.2) is 14.4 Å². The van der Waals surface area contributed by atoms with E-state index in [2.05, 4.69) is 0 Å². The van der Waals surface area contributed by atoms with E-state index in [0.717, 1.165) is 30.3 Å². The molecular weight excluding hydrogens is 412 g/mol. The fourth-order valence-corrected chi connectivity index (χ4v) is 2.49. The molecule has 0 spiro atoms. The molecule has 0 aliphatic carbocycles. The largest absolute Gasteiger partial charge is 0.504 e. The van der Waals surface area contributed by atoms with E-state index in [9.17, 15) is 39.9 Å². The monoisotopic (exact) mass is 426 g/mol. The van der Waals surface area contributed by atoms with Gasteiger partial charge in [0.15, 0.2) is 23.0 Å². The molecule has 0 fully saturated rings. The number of esters is 2. The van der Waals surface area contributed by atoms with Gasteiger partial charge in [0.1, 0.15) is 0 Å². The van der Waals surface area contributed by atoms with Crippen LogP contribution in [0.15, 0.2) is 54.6 Å². The highest BCUT2D eigenvalue weighted by molar-refractivity contribution is 6.01. The lowest BCUT2D eigenvalue weighted by Crippen LogP contribution is -2.15. The molecule has 0 saturated carbocycles. The second-order valence-electron chi connectivity index (χ2n) is 6.13. The Balaban J connectivity index is 1.94. The van der Waals surface area contributed by atoms with Crippen molar-refractivity contribution < 1.29 is 49.4 Å². The highest BCUT2D eigenvalue weighted by Gasteiger charge is 2.21. The Hall–Kier alpha value is -4.73. The lowest BCUT2D eigenvalue weighted by molar-refractivity contribution is 0.0697. The summed E-state index contributed by atoms with van der Waals surface area (Å²) in [5.74, 6) is -6.98. The van der Waals surface area contributed by atoms with Crippen LogP contribution in [0.2, 0.25) is 0 Å². The van der Waals surface area contributed by atoms with Crippen molar-refractivity contribution in [2.24, 2.45) is 0 Å². The molecule has 0 radical (unpaired) electrons. The van der Waals surface area contributed by atoms with E-state index in [4.69, 9.17) is 9.47 Å². The van der Waals surface area contributed by atoms with Crippen LogP contribution in [0.5, 0.6) is 34.5 Å². The maximum atomic E-state index is 12.5. The second-order valence-corrected chi connectivity index (χ2v) is 6.13. The number of carbonyl (C=O) groups is 3. The second kappa shape index (κ2) is 8.33. The summed E-state index contributed by atoms with van der Waals surface area (Å²) >= 11 is 0. The Morgan fingerprint density at radius 2 is 1.00 bits per heavy atom. The van der Waals surface area contributed by atoms with E-state index in [1.54, 1.807) is 0 Å². The third-order valence-corrected chi connectivity index (χ3v) is 4.01.